The Morgan fingerprint density at radius 2 is 1.88 bits per heavy atom. The number of aromatic nitrogens is 2. The summed E-state index contributed by atoms with van der Waals surface area (Å²) in [6, 6.07) is 11.8. The maximum absolute atomic E-state index is 12.9. The van der Waals surface area contributed by atoms with Crippen molar-refractivity contribution < 1.29 is 4.79 Å². The van der Waals surface area contributed by atoms with Crippen molar-refractivity contribution in [3.8, 4) is 0 Å². The third kappa shape index (κ3) is 3.98. The molecule has 0 aliphatic carbocycles. The number of amides is 1. The number of para-hydroxylation sites is 1. The Balaban J connectivity index is 1.88. The lowest BCUT2D eigenvalue weighted by Gasteiger charge is -2.30. The van der Waals surface area contributed by atoms with Gasteiger partial charge in [-0.2, -0.15) is 0 Å². The second-order valence-electron chi connectivity index (χ2n) is 6.75. The molecule has 1 amide bonds. The van der Waals surface area contributed by atoms with Crippen LogP contribution in [0.25, 0.3) is 0 Å². The molecule has 0 atom stereocenters. The van der Waals surface area contributed by atoms with Crippen molar-refractivity contribution >= 4 is 17.5 Å². The SMILES string of the molecule is CCN(c1ccccc1)c1nc(C)cc(C(=O)N2CCC(C)CC2)n1. The molecule has 5 nitrogen and oxygen atoms in total. The second kappa shape index (κ2) is 7.64. The Hall–Kier alpha value is -2.43. The Labute approximate surface area is 149 Å². The van der Waals surface area contributed by atoms with Crippen molar-refractivity contribution in [3.63, 3.8) is 0 Å². The first-order valence-electron chi connectivity index (χ1n) is 9.06. The topological polar surface area (TPSA) is 49.3 Å². The largest absolute Gasteiger partial charge is 0.337 e. The Morgan fingerprint density at radius 3 is 2.52 bits per heavy atom. The van der Waals surface area contributed by atoms with E-state index < -0.39 is 0 Å². The number of benzene rings is 1. The maximum atomic E-state index is 12.9. The fourth-order valence-electron chi connectivity index (χ4n) is 3.20. The molecule has 1 aliphatic rings. The minimum Gasteiger partial charge on any atom is -0.337 e. The van der Waals surface area contributed by atoms with Crippen LogP contribution >= 0.6 is 0 Å². The van der Waals surface area contributed by atoms with Crippen LogP contribution in [0.5, 0.6) is 0 Å². The molecule has 25 heavy (non-hydrogen) atoms. The molecule has 0 bridgehead atoms. The van der Waals surface area contributed by atoms with E-state index in [0.717, 1.165) is 43.9 Å². The van der Waals surface area contributed by atoms with Crippen LogP contribution in [0, 0.1) is 12.8 Å². The molecule has 5 heteroatoms. The van der Waals surface area contributed by atoms with Gasteiger partial charge in [-0.15, -0.1) is 0 Å². The number of nitrogens with zero attached hydrogens (tertiary/aromatic N) is 4. The molecule has 1 aromatic heterocycles. The molecule has 1 aliphatic heterocycles. The van der Waals surface area contributed by atoms with Crippen molar-refractivity contribution in [1.82, 2.24) is 14.9 Å². The Bertz CT molecular complexity index is 724. The number of anilines is 2. The van der Waals surface area contributed by atoms with Gasteiger partial charge in [-0.3, -0.25) is 4.79 Å². The Morgan fingerprint density at radius 1 is 1.20 bits per heavy atom. The highest BCUT2D eigenvalue weighted by atomic mass is 16.2. The lowest BCUT2D eigenvalue weighted by molar-refractivity contribution is 0.0691. The van der Waals surface area contributed by atoms with Gasteiger partial charge in [0, 0.05) is 31.0 Å². The zero-order valence-corrected chi connectivity index (χ0v) is 15.3. The summed E-state index contributed by atoms with van der Waals surface area (Å²) in [5, 5.41) is 0. The minimum absolute atomic E-state index is 0.0164. The van der Waals surface area contributed by atoms with Gasteiger partial charge in [-0.05, 0) is 50.8 Å². The third-order valence-electron chi connectivity index (χ3n) is 4.76. The fourth-order valence-corrected chi connectivity index (χ4v) is 3.20. The first kappa shape index (κ1) is 17.4. The van der Waals surface area contributed by atoms with Crippen molar-refractivity contribution in [2.75, 3.05) is 24.5 Å². The van der Waals surface area contributed by atoms with E-state index in [1.807, 2.05) is 47.1 Å². The van der Waals surface area contributed by atoms with Crippen LogP contribution in [0.2, 0.25) is 0 Å². The van der Waals surface area contributed by atoms with Gasteiger partial charge in [0.2, 0.25) is 5.95 Å². The minimum atomic E-state index is 0.0164. The number of carbonyl (C=O) groups excluding carboxylic acids is 1. The summed E-state index contributed by atoms with van der Waals surface area (Å²) in [4.78, 5) is 26.0. The zero-order chi connectivity index (χ0) is 17.8. The van der Waals surface area contributed by atoms with Crippen LogP contribution in [0.1, 0.15) is 42.9 Å². The van der Waals surface area contributed by atoms with Crippen LogP contribution in [-0.4, -0.2) is 40.4 Å². The van der Waals surface area contributed by atoms with Crippen LogP contribution in [0.4, 0.5) is 11.6 Å². The van der Waals surface area contributed by atoms with Crippen molar-refractivity contribution in [3.05, 3.63) is 47.8 Å². The van der Waals surface area contributed by atoms with Gasteiger partial charge >= 0.3 is 0 Å². The second-order valence-corrected chi connectivity index (χ2v) is 6.75. The highest BCUT2D eigenvalue weighted by molar-refractivity contribution is 5.92. The standard InChI is InChI=1S/C20H26N4O/c1-4-24(17-8-6-5-7-9-17)20-21-16(3)14-18(22-20)19(25)23-12-10-15(2)11-13-23/h5-9,14-15H,4,10-13H2,1-3H3. The summed E-state index contributed by atoms with van der Waals surface area (Å²) < 4.78 is 0. The maximum Gasteiger partial charge on any atom is 0.272 e. The smallest absolute Gasteiger partial charge is 0.272 e. The monoisotopic (exact) mass is 338 g/mol. The summed E-state index contributed by atoms with van der Waals surface area (Å²) >= 11 is 0. The predicted molar refractivity (Wildman–Crippen MR) is 100 cm³/mol. The molecule has 132 valence electrons. The molecule has 0 spiro atoms. The molecule has 1 fully saturated rings. The lowest BCUT2D eigenvalue weighted by Crippen LogP contribution is -2.38. The molecule has 1 saturated heterocycles. The number of hydrogen-bond acceptors (Lipinski definition) is 4. The van der Waals surface area contributed by atoms with E-state index >= 15 is 0 Å². The van der Waals surface area contributed by atoms with E-state index in [0.29, 0.717) is 17.6 Å². The number of hydrogen-bond donors (Lipinski definition) is 0. The van der Waals surface area contributed by atoms with Gasteiger partial charge in [0.25, 0.3) is 5.91 Å². The van der Waals surface area contributed by atoms with E-state index in [4.69, 9.17) is 0 Å². The van der Waals surface area contributed by atoms with E-state index in [-0.39, 0.29) is 5.91 Å². The fraction of sp³-hybridized carbons (Fsp3) is 0.450. The van der Waals surface area contributed by atoms with Gasteiger partial charge in [0.1, 0.15) is 5.69 Å². The van der Waals surface area contributed by atoms with Gasteiger partial charge in [0.05, 0.1) is 0 Å². The number of aryl methyl sites for hydroxylation is 1. The average molecular weight is 338 g/mol. The first-order chi connectivity index (χ1) is 12.1. The molecule has 3 rings (SSSR count). The van der Waals surface area contributed by atoms with Gasteiger partial charge in [0.15, 0.2) is 0 Å². The number of carbonyl (C=O) groups is 1. The van der Waals surface area contributed by atoms with E-state index in [2.05, 4.69) is 23.8 Å². The number of likely N-dealkylation sites (tertiary alicyclic amines) is 1. The highest BCUT2D eigenvalue weighted by Gasteiger charge is 2.24. The van der Waals surface area contributed by atoms with Crippen LogP contribution in [-0.2, 0) is 0 Å². The van der Waals surface area contributed by atoms with Crippen LogP contribution in [0.3, 0.4) is 0 Å². The molecular weight excluding hydrogens is 312 g/mol. The molecule has 0 radical (unpaired) electrons. The molecular formula is C20H26N4O. The van der Waals surface area contributed by atoms with Crippen LogP contribution in [0.15, 0.2) is 36.4 Å². The van der Waals surface area contributed by atoms with E-state index in [1.54, 1.807) is 6.07 Å². The molecule has 0 N–H and O–H groups in total. The molecule has 1 aromatic carbocycles. The van der Waals surface area contributed by atoms with Crippen molar-refractivity contribution in [1.29, 1.82) is 0 Å². The van der Waals surface area contributed by atoms with Crippen molar-refractivity contribution in [2.45, 2.75) is 33.6 Å². The predicted octanol–water partition coefficient (Wildman–Crippen LogP) is 3.82. The van der Waals surface area contributed by atoms with Gasteiger partial charge in [-0.25, -0.2) is 9.97 Å². The molecule has 0 saturated carbocycles. The average Bonchev–Trinajstić information content (AvgIpc) is 2.63. The summed E-state index contributed by atoms with van der Waals surface area (Å²) in [7, 11) is 0. The summed E-state index contributed by atoms with van der Waals surface area (Å²) in [6.07, 6.45) is 2.13. The molecule has 2 aromatic rings. The van der Waals surface area contributed by atoms with Crippen molar-refractivity contribution in [2.24, 2.45) is 5.92 Å². The normalized spacial score (nSPS) is 15.2. The summed E-state index contributed by atoms with van der Waals surface area (Å²) in [5.41, 5.74) is 2.33. The van der Waals surface area contributed by atoms with Gasteiger partial charge < -0.3 is 9.80 Å². The summed E-state index contributed by atoms with van der Waals surface area (Å²) in [6.45, 7) is 8.59. The van der Waals surface area contributed by atoms with Crippen LogP contribution < -0.4 is 4.90 Å². The summed E-state index contributed by atoms with van der Waals surface area (Å²) in [5.74, 6) is 1.30. The first-order valence-corrected chi connectivity index (χ1v) is 9.06. The van der Waals surface area contributed by atoms with Gasteiger partial charge in [-0.1, -0.05) is 25.1 Å². The number of rotatable bonds is 4. The zero-order valence-electron chi connectivity index (χ0n) is 15.3. The van der Waals surface area contributed by atoms with E-state index in [9.17, 15) is 4.79 Å². The quantitative estimate of drug-likeness (QED) is 0.850. The number of piperidine rings is 1. The Kier molecular flexibility index (Phi) is 5.31. The van der Waals surface area contributed by atoms with E-state index in [1.165, 1.54) is 0 Å². The lowest BCUT2D eigenvalue weighted by atomic mass is 9.99. The molecule has 0 unspecified atom stereocenters. The third-order valence-corrected chi connectivity index (χ3v) is 4.76. The molecule has 2 heterocycles. The highest BCUT2D eigenvalue weighted by Crippen LogP contribution is 2.23.